The van der Waals surface area contributed by atoms with Crippen molar-refractivity contribution in [2.24, 2.45) is 11.7 Å². The molecule has 0 aromatic carbocycles. The zero-order chi connectivity index (χ0) is 7.44. The standard InChI is InChI=1S/C7H16FN/c1-5(2)4-7(9)6(3)8/h5-7H,4,9H2,1-3H3/t6?,7-/m1/s1. The molecule has 0 saturated heterocycles. The Hall–Kier alpha value is -0.110. The van der Waals surface area contributed by atoms with Crippen LogP contribution in [0.4, 0.5) is 4.39 Å². The summed E-state index contributed by atoms with van der Waals surface area (Å²) < 4.78 is 12.3. The monoisotopic (exact) mass is 133 g/mol. The summed E-state index contributed by atoms with van der Waals surface area (Å²) in [6.45, 7) is 5.59. The van der Waals surface area contributed by atoms with Gasteiger partial charge in [-0.1, -0.05) is 13.8 Å². The Morgan fingerprint density at radius 2 is 1.78 bits per heavy atom. The molecule has 2 N–H and O–H groups in total. The number of hydrogen-bond acceptors (Lipinski definition) is 1. The van der Waals surface area contributed by atoms with Gasteiger partial charge in [0.05, 0.1) is 0 Å². The van der Waals surface area contributed by atoms with Gasteiger partial charge in [-0.25, -0.2) is 4.39 Å². The van der Waals surface area contributed by atoms with Crippen molar-refractivity contribution in [2.75, 3.05) is 0 Å². The third-order valence-electron chi connectivity index (χ3n) is 1.33. The molecule has 0 heterocycles. The van der Waals surface area contributed by atoms with Gasteiger partial charge in [0.25, 0.3) is 0 Å². The van der Waals surface area contributed by atoms with Gasteiger partial charge in [0.1, 0.15) is 6.17 Å². The van der Waals surface area contributed by atoms with Crippen molar-refractivity contribution < 1.29 is 4.39 Å². The molecule has 0 aliphatic heterocycles. The van der Waals surface area contributed by atoms with Gasteiger partial charge in [0, 0.05) is 6.04 Å². The fraction of sp³-hybridized carbons (Fsp3) is 1.00. The van der Waals surface area contributed by atoms with E-state index in [0.29, 0.717) is 5.92 Å². The van der Waals surface area contributed by atoms with Crippen LogP contribution in [-0.4, -0.2) is 12.2 Å². The minimum Gasteiger partial charge on any atom is -0.325 e. The predicted octanol–water partition coefficient (Wildman–Crippen LogP) is 1.72. The van der Waals surface area contributed by atoms with Gasteiger partial charge < -0.3 is 5.73 Å². The summed E-state index contributed by atoms with van der Waals surface area (Å²) >= 11 is 0. The maximum Gasteiger partial charge on any atom is 0.112 e. The van der Waals surface area contributed by atoms with Crippen LogP contribution in [0.15, 0.2) is 0 Å². The molecule has 0 bridgehead atoms. The number of nitrogens with two attached hydrogens (primary N) is 1. The van der Waals surface area contributed by atoms with Crippen LogP contribution >= 0.6 is 0 Å². The van der Waals surface area contributed by atoms with Gasteiger partial charge in [-0.3, -0.25) is 0 Å². The second-order valence-electron chi connectivity index (χ2n) is 2.97. The van der Waals surface area contributed by atoms with E-state index < -0.39 is 6.17 Å². The molecule has 2 atom stereocenters. The lowest BCUT2D eigenvalue weighted by Gasteiger charge is -2.14. The molecule has 1 nitrogen and oxygen atoms in total. The highest BCUT2D eigenvalue weighted by atomic mass is 19.1. The van der Waals surface area contributed by atoms with Crippen LogP contribution in [0, 0.1) is 5.92 Å². The lowest BCUT2D eigenvalue weighted by atomic mass is 10.0. The van der Waals surface area contributed by atoms with Crippen molar-refractivity contribution in [2.45, 2.75) is 39.4 Å². The van der Waals surface area contributed by atoms with E-state index in [-0.39, 0.29) is 6.04 Å². The summed E-state index contributed by atoms with van der Waals surface area (Å²) in [6.07, 6.45) is -0.0927. The third-order valence-corrected chi connectivity index (χ3v) is 1.33. The van der Waals surface area contributed by atoms with Crippen molar-refractivity contribution in [1.82, 2.24) is 0 Å². The smallest absolute Gasteiger partial charge is 0.112 e. The summed E-state index contributed by atoms with van der Waals surface area (Å²) in [4.78, 5) is 0. The largest absolute Gasteiger partial charge is 0.325 e. The first kappa shape index (κ1) is 8.89. The molecule has 0 aromatic rings. The highest BCUT2D eigenvalue weighted by molar-refractivity contribution is 4.68. The number of halogens is 1. The molecule has 0 spiro atoms. The first-order chi connectivity index (χ1) is 4.04. The second-order valence-corrected chi connectivity index (χ2v) is 2.97. The topological polar surface area (TPSA) is 26.0 Å². The molecular formula is C7H16FN. The normalized spacial score (nSPS) is 18.0. The molecule has 0 radical (unpaired) electrons. The van der Waals surface area contributed by atoms with E-state index >= 15 is 0 Å². The van der Waals surface area contributed by atoms with Crippen molar-refractivity contribution in [1.29, 1.82) is 0 Å². The first-order valence-corrected chi connectivity index (χ1v) is 3.43. The summed E-state index contributed by atoms with van der Waals surface area (Å²) in [6, 6.07) is -0.273. The lowest BCUT2D eigenvalue weighted by molar-refractivity contribution is 0.278. The van der Waals surface area contributed by atoms with E-state index in [4.69, 9.17) is 5.73 Å². The predicted molar refractivity (Wildman–Crippen MR) is 38.0 cm³/mol. The van der Waals surface area contributed by atoms with Gasteiger partial charge in [-0.2, -0.15) is 0 Å². The van der Waals surface area contributed by atoms with Crippen LogP contribution in [0.5, 0.6) is 0 Å². The van der Waals surface area contributed by atoms with Crippen LogP contribution in [-0.2, 0) is 0 Å². The molecule has 9 heavy (non-hydrogen) atoms. The maximum absolute atomic E-state index is 12.3. The fourth-order valence-corrected chi connectivity index (χ4v) is 0.732. The van der Waals surface area contributed by atoms with Gasteiger partial charge in [0.2, 0.25) is 0 Å². The Morgan fingerprint density at radius 3 is 1.89 bits per heavy atom. The number of hydrogen-bond donors (Lipinski definition) is 1. The lowest BCUT2D eigenvalue weighted by Crippen LogP contribution is -2.30. The SMILES string of the molecule is CC(C)C[C@@H](N)C(C)F. The number of rotatable bonds is 3. The van der Waals surface area contributed by atoms with Gasteiger partial charge in [-0.05, 0) is 19.3 Å². The number of alkyl halides is 1. The first-order valence-electron chi connectivity index (χ1n) is 3.43. The Morgan fingerprint density at radius 1 is 1.33 bits per heavy atom. The van der Waals surface area contributed by atoms with E-state index in [0.717, 1.165) is 6.42 Å². The molecule has 0 fully saturated rings. The Bertz CT molecular complexity index is 71.3. The van der Waals surface area contributed by atoms with Gasteiger partial charge in [-0.15, -0.1) is 0 Å². The van der Waals surface area contributed by atoms with Crippen molar-refractivity contribution in [3.63, 3.8) is 0 Å². The Kier molecular flexibility index (Phi) is 3.78. The zero-order valence-corrected chi connectivity index (χ0v) is 6.39. The highest BCUT2D eigenvalue weighted by Crippen LogP contribution is 2.07. The molecule has 0 rings (SSSR count). The van der Waals surface area contributed by atoms with E-state index in [9.17, 15) is 4.39 Å². The quantitative estimate of drug-likeness (QED) is 0.623. The minimum absolute atomic E-state index is 0.273. The third kappa shape index (κ3) is 4.40. The Balaban J connectivity index is 3.38. The summed E-state index contributed by atoms with van der Waals surface area (Å²) in [7, 11) is 0. The molecule has 0 aliphatic carbocycles. The van der Waals surface area contributed by atoms with E-state index in [1.54, 1.807) is 0 Å². The molecule has 56 valence electrons. The molecular weight excluding hydrogens is 117 g/mol. The average Bonchev–Trinajstić information content (AvgIpc) is 1.63. The average molecular weight is 133 g/mol. The van der Waals surface area contributed by atoms with Crippen LogP contribution < -0.4 is 5.73 Å². The van der Waals surface area contributed by atoms with Crippen LogP contribution in [0.25, 0.3) is 0 Å². The second kappa shape index (κ2) is 3.83. The van der Waals surface area contributed by atoms with E-state index in [1.165, 1.54) is 6.92 Å². The van der Waals surface area contributed by atoms with E-state index in [1.807, 2.05) is 13.8 Å². The maximum atomic E-state index is 12.3. The highest BCUT2D eigenvalue weighted by Gasteiger charge is 2.11. The molecule has 0 saturated carbocycles. The van der Waals surface area contributed by atoms with Crippen molar-refractivity contribution in [3.8, 4) is 0 Å². The summed E-state index contributed by atoms with van der Waals surface area (Å²) in [5, 5.41) is 0. The summed E-state index contributed by atoms with van der Waals surface area (Å²) in [5.74, 6) is 0.498. The molecule has 2 heteroatoms. The van der Waals surface area contributed by atoms with Crippen molar-refractivity contribution >= 4 is 0 Å². The zero-order valence-electron chi connectivity index (χ0n) is 6.39. The van der Waals surface area contributed by atoms with Gasteiger partial charge >= 0.3 is 0 Å². The van der Waals surface area contributed by atoms with Gasteiger partial charge in [0.15, 0.2) is 0 Å². The molecule has 0 aromatic heterocycles. The summed E-state index contributed by atoms with van der Waals surface area (Å²) in [5.41, 5.74) is 5.44. The van der Waals surface area contributed by atoms with Crippen LogP contribution in [0.2, 0.25) is 0 Å². The molecule has 1 unspecified atom stereocenters. The van der Waals surface area contributed by atoms with Crippen LogP contribution in [0.3, 0.4) is 0 Å². The van der Waals surface area contributed by atoms with E-state index in [2.05, 4.69) is 0 Å². The fourth-order valence-electron chi connectivity index (χ4n) is 0.732. The Labute approximate surface area is 56.4 Å². The minimum atomic E-state index is -0.868. The van der Waals surface area contributed by atoms with Crippen molar-refractivity contribution in [3.05, 3.63) is 0 Å². The molecule has 0 aliphatic rings. The molecule has 0 amide bonds. The van der Waals surface area contributed by atoms with Crippen LogP contribution in [0.1, 0.15) is 27.2 Å².